The van der Waals surface area contributed by atoms with Gasteiger partial charge >= 0.3 is 10.2 Å². The summed E-state index contributed by atoms with van der Waals surface area (Å²) in [5.41, 5.74) is 5.05. The van der Waals surface area contributed by atoms with Crippen LogP contribution in [0, 0.1) is 0 Å². The number of methoxy groups -OCH3 is 1. The number of aliphatic hydroxyl groups excluding tert-OH is 1. The Morgan fingerprint density at radius 3 is 2.47 bits per heavy atom. The van der Waals surface area contributed by atoms with Crippen molar-refractivity contribution >= 4 is 27.0 Å². The molecule has 1 unspecified atom stereocenters. The number of hydrogen-bond acceptors (Lipinski definition) is 5. The van der Waals surface area contributed by atoms with E-state index < -0.39 is 22.3 Å². The highest BCUT2D eigenvalue weighted by Crippen LogP contribution is 2.50. The van der Waals surface area contributed by atoms with Crippen LogP contribution in [0.1, 0.15) is 22.1 Å². The standard InChI is InChI=1S/C25H23N3O5S/c1-27(2)34(31,32)26-24(29)16-9-11-19-21(13-16)28-23(22(19)15-7-5-4-6-8-15)18-12-10-17(33-3)14-20(18)25(28)30/h4-14,25,30H,1-3H3,(H,26,29). The van der Waals surface area contributed by atoms with Crippen LogP contribution in [0.25, 0.3) is 33.3 Å². The fourth-order valence-electron chi connectivity index (χ4n) is 4.37. The van der Waals surface area contributed by atoms with E-state index in [1.807, 2.05) is 42.5 Å². The van der Waals surface area contributed by atoms with Crippen LogP contribution < -0.4 is 9.46 Å². The monoisotopic (exact) mass is 477 g/mol. The first-order valence-corrected chi connectivity index (χ1v) is 12.0. The van der Waals surface area contributed by atoms with Gasteiger partial charge in [0, 0.05) is 41.7 Å². The Labute approximate surface area is 197 Å². The summed E-state index contributed by atoms with van der Waals surface area (Å²) in [4.78, 5) is 12.8. The SMILES string of the molecule is COc1ccc2c(c1)C(O)n1c-2c(-c2ccccc2)c2ccc(C(=O)NS(=O)(=O)N(C)C)cc21. The maximum absolute atomic E-state index is 12.8. The molecule has 5 rings (SSSR count). The second-order valence-electron chi connectivity index (χ2n) is 8.24. The largest absolute Gasteiger partial charge is 0.497 e. The third-order valence-electron chi connectivity index (χ3n) is 6.07. The van der Waals surface area contributed by atoms with Crippen LogP contribution in [0.3, 0.4) is 0 Å². The summed E-state index contributed by atoms with van der Waals surface area (Å²) < 4.78 is 34.4. The number of fused-ring (bicyclic) bond motifs is 5. The van der Waals surface area contributed by atoms with Crippen molar-refractivity contribution in [3.05, 3.63) is 77.9 Å². The molecule has 3 aromatic carbocycles. The van der Waals surface area contributed by atoms with Crippen molar-refractivity contribution in [3.8, 4) is 28.1 Å². The summed E-state index contributed by atoms with van der Waals surface area (Å²) in [6, 6.07) is 20.4. The van der Waals surface area contributed by atoms with Gasteiger partial charge in [0.2, 0.25) is 0 Å². The van der Waals surface area contributed by atoms with E-state index in [2.05, 4.69) is 4.72 Å². The molecule has 8 nitrogen and oxygen atoms in total. The number of carbonyl (C=O) groups excluding carboxylic acids is 1. The van der Waals surface area contributed by atoms with Crippen LogP contribution >= 0.6 is 0 Å². The van der Waals surface area contributed by atoms with E-state index in [9.17, 15) is 18.3 Å². The van der Waals surface area contributed by atoms with E-state index in [4.69, 9.17) is 4.74 Å². The highest BCUT2D eigenvalue weighted by atomic mass is 32.2. The zero-order valence-electron chi connectivity index (χ0n) is 18.8. The van der Waals surface area contributed by atoms with Crippen molar-refractivity contribution in [1.82, 2.24) is 13.6 Å². The summed E-state index contributed by atoms with van der Waals surface area (Å²) in [6.07, 6.45) is -0.996. The summed E-state index contributed by atoms with van der Waals surface area (Å²) >= 11 is 0. The average Bonchev–Trinajstić information content (AvgIpc) is 3.31. The van der Waals surface area contributed by atoms with Crippen molar-refractivity contribution in [2.24, 2.45) is 0 Å². The molecular weight excluding hydrogens is 454 g/mol. The number of hydrogen-bond donors (Lipinski definition) is 2. The highest BCUT2D eigenvalue weighted by Gasteiger charge is 2.33. The fraction of sp³-hybridized carbons (Fsp3) is 0.160. The van der Waals surface area contributed by atoms with Crippen molar-refractivity contribution in [3.63, 3.8) is 0 Å². The van der Waals surface area contributed by atoms with Gasteiger partial charge in [-0.25, -0.2) is 4.72 Å². The molecule has 1 amide bonds. The summed E-state index contributed by atoms with van der Waals surface area (Å²) in [5, 5.41) is 12.1. The molecule has 1 aliphatic heterocycles. The Bertz CT molecular complexity index is 1540. The molecule has 9 heteroatoms. The van der Waals surface area contributed by atoms with Gasteiger partial charge < -0.3 is 14.4 Å². The van der Waals surface area contributed by atoms with Gasteiger partial charge in [0.25, 0.3) is 5.91 Å². The number of nitrogens with one attached hydrogen (secondary N) is 1. The highest BCUT2D eigenvalue weighted by molar-refractivity contribution is 7.87. The van der Waals surface area contributed by atoms with Gasteiger partial charge in [-0.05, 0) is 35.9 Å². The molecule has 1 aliphatic rings. The molecule has 0 spiro atoms. The molecule has 0 bridgehead atoms. The van der Waals surface area contributed by atoms with Gasteiger partial charge in [-0.2, -0.15) is 12.7 Å². The summed E-state index contributed by atoms with van der Waals surface area (Å²) in [7, 11) is 0.304. The van der Waals surface area contributed by atoms with Crippen LogP contribution in [0.15, 0.2) is 66.7 Å². The minimum Gasteiger partial charge on any atom is -0.497 e. The van der Waals surface area contributed by atoms with Gasteiger partial charge in [-0.1, -0.05) is 36.4 Å². The molecule has 2 heterocycles. The van der Waals surface area contributed by atoms with E-state index in [1.165, 1.54) is 14.1 Å². The fourth-order valence-corrected chi connectivity index (χ4v) is 4.91. The number of nitrogens with zero attached hydrogens (tertiary/aromatic N) is 2. The number of aliphatic hydroxyl groups is 1. The molecule has 0 saturated carbocycles. The Kier molecular flexibility index (Phi) is 5.20. The lowest BCUT2D eigenvalue weighted by Gasteiger charge is -2.13. The maximum atomic E-state index is 12.8. The molecule has 0 radical (unpaired) electrons. The summed E-state index contributed by atoms with van der Waals surface area (Å²) in [5.74, 6) is -0.123. The van der Waals surface area contributed by atoms with Crippen LogP contribution in [0.2, 0.25) is 0 Å². The Morgan fingerprint density at radius 1 is 1.06 bits per heavy atom. The topological polar surface area (TPSA) is 101 Å². The van der Waals surface area contributed by atoms with Gasteiger partial charge in [0.05, 0.1) is 18.3 Å². The molecule has 34 heavy (non-hydrogen) atoms. The van der Waals surface area contributed by atoms with Gasteiger partial charge in [0.1, 0.15) is 5.75 Å². The number of ether oxygens (including phenoxy) is 1. The lowest BCUT2D eigenvalue weighted by Crippen LogP contribution is -2.39. The molecule has 0 saturated heterocycles. The number of aromatic nitrogens is 1. The molecule has 4 aromatic rings. The molecule has 0 aliphatic carbocycles. The minimum atomic E-state index is -3.95. The van der Waals surface area contributed by atoms with Crippen LogP contribution in [-0.4, -0.2) is 49.5 Å². The first-order valence-electron chi connectivity index (χ1n) is 10.6. The van der Waals surface area contributed by atoms with Crippen molar-refractivity contribution < 1.29 is 23.1 Å². The Morgan fingerprint density at radius 2 is 1.79 bits per heavy atom. The van der Waals surface area contributed by atoms with E-state index in [0.717, 1.165) is 32.1 Å². The molecule has 0 fully saturated rings. The number of benzene rings is 3. The average molecular weight is 478 g/mol. The number of amides is 1. The van der Waals surface area contributed by atoms with Gasteiger partial charge in [0.15, 0.2) is 6.23 Å². The first kappa shape index (κ1) is 22.1. The van der Waals surface area contributed by atoms with Gasteiger partial charge in [-0.15, -0.1) is 0 Å². The third kappa shape index (κ3) is 3.37. The second-order valence-corrected chi connectivity index (χ2v) is 10.1. The van der Waals surface area contributed by atoms with E-state index in [1.54, 1.807) is 35.9 Å². The van der Waals surface area contributed by atoms with Crippen LogP contribution in [-0.2, 0) is 10.2 Å². The van der Waals surface area contributed by atoms with Crippen molar-refractivity contribution in [2.45, 2.75) is 6.23 Å². The lowest BCUT2D eigenvalue weighted by molar-refractivity contribution is 0.0979. The predicted octanol–water partition coefficient (Wildman–Crippen LogP) is 3.37. The first-order chi connectivity index (χ1) is 16.2. The smallest absolute Gasteiger partial charge is 0.303 e. The maximum Gasteiger partial charge on any atom is 0.303 e. The van der Waals surface area contributed by atoms with Crippen molar-refractivity contribution in [1.29, 1.82) is 0 Å². The lowest BCUT2D eigenvalue weighted by atomic mass is 9.96. The van der Waals surface area contributed by atoms with Gasteiger partial charge in [-0.3, -0.25) is 4.79 Å². The zero-order valence-corrected chi connectivity index (χ0v) is 19.6. The Balaban J connectivity index is 1.75. The molecule has 1 aromatic heterocycles. The van der Waals surface area contributed by atoms with E-state index in [-0.39, 0.29) is 5.56 Å². The Hall–Kier alpha value is -3.66. The molecular formula is C25H23N3O5S. The minimum absolute atomic E-state index is 0.165. The van der Waals surface area contributed by atoms with Crippen LogP contribution in [0.5, 0.6) is 5.75 Å². The molecule has 174 valence electrons. The third-order valence-corrected chi connectivity index (χ3v) is 7.47. The summed E-state index contributed by atoms with van der Waals surface area (Å²) in [6.45, 7) is 0. The van der Waals surface area contributed by atoms with Crippen molar-refractivity contribution in [2.75, 3.05) is 21.2 Å². The molecule has 1 atom stereocenters. The van der Waals surface area contributed by atoms with E-state index in [0.29, 0.717) is 16.8 Å². The number of carbonyl (C=O) groups is 1. The predicted molar refractivity (Wildman–Crippen MR) is 130 cm³/mol. The normalized spacial score (nSPS) is 14.8. The number of rotatable bonds is 5. The molecule has 2 N–H and O–H groups in total. The van der Waals surface area contributed by atoms with E-state index >= 15 is 0 Å². The quantitative estimate of drug-likeness (QED) is 0.459. The second kappa shape index (κ2) is 7.98. The zero-order chi connectivity index (χ0) is 24.2. The van der Waals surface area contributed by atoms with Crippen LogP contribution in [0.4, 0.5) is 0 Å².